The molecule has 0 saturated heterocycles. The van der Waals surface area contributed by atoms with Gasteiger partial charge in [-0.2, -0.15) is 0 Å². The molecule has 0 unspecified atom stereocenters. The fourth-order valence-corrected chi connectivity index (χ4v) is 1.63. The molecule has 1 aromatic carbocycles. The van der Waals surface area contributed by atoms with E-state index in [1.54, 1.807) is 0 Å². The van der Waals surface area contributed by atoms with Crippen molar-refractivity contribution >= 4 is 15.9 Å². The van der Waals surface area contributed by atoms with Gasteiger partial charge in [-0.15, -0.1) is 0 Å². The summed E-state index contributed by atoms with van der Waals surface area (Å²) in [4.78, 5) is 15.5. The molecule has 3 nitrogen and oxygen atoms in total. The maximum Gasteiger partial charge on any atom is 0.268 e. The van der Waals surface area contributed by atoms with Crippen LogP contribution in [0.1, 0.15) is 5.56 Å². The van der Waals surface area contributed by atoms with Gasteiger partial charge < -0.3 is 0 Å². The fourth-order valence-electron chi connectivity index (χ4n) is 1.28. The van der Waals surface area contributed by atoms with Crippen LogP contribution in [0.3, 0.4) is 0 Å². The molecule has 4 heteroatoms. The second kappa shape index (κ2) is 5.46. The highest BCUT2D eigenvalue weighted by molar-refractivity contribution is 9.10. The zero-order chi connectivity index (χ0) is 12.1. The van der Waals surface area contributed by atoms with Crippen molar-refractivity contribution in [2.45, 2.75) is 6.54 Å². The first-order chi connectivity index (χ1) is 8.27. The lowest BCUT2D eigenvalue weighted by Gasteiger charge is -1.98. The average Bonchev–Trinajstić information content (AvgIpc) is 2.36. The second-order valence-corrected chi connectivity index (χ2v) is 4.20. The number of rotatable bonds is 1. The first-order valence-electron chi connectivity index (χ1n) is 5.01. The largest absolute Gasteiger partial charge is 0.286 e. The van der Waals surface area contributed by atoms with Crippen LogP contribution in [-0.4, -0.2) is 9.55 Å². The van der Waals surface area contributed by atoms with Crippen molar-refractivity contribution in [1.29, 1.82) is 0 Å². The molecule has 0 aliphatic heterocycles. The number of halogens is 1. The monoisotopic (exact) mass is 288 g/mol. The standard InChI is InChI=1S/C13H9BrN2O/c14-12-9-15-10-16(13(12)17)8-4-7-11-5-2-1-3-6-11/h1-3,5-6,9-10H,8H2. The Hall–Kier alpha value is -1.86. The Bertz CT molecular complexity index is 623. The Balaban J connectivity index is 2.16. The Morgan fingerprint density at radius 3 is 2.82 bits per heavy atom. The summed E-state index contributed by atoms with van der Waals surface area (Å²) in [5, 5.41) is 0. The third-order valence-electron chi connectivity index (χ3n) is 2.12. The van der Waals surface area contributed by atoms with Crippen molar-refractivity contribution in [1.82, 2.24) is 9.55 Å². The van der Waals surface area contributed by atoms with Crippen LogP contribution in [0.4, 0.5) is 0 Å². The van der Waals surface area contributed by atoms with Crippen molar-refractivity contribution in [2.75, 3.05) is 0 Å². The molecule has 0 spiro atoms. The van der Waals surface area contributed by atoms with Crippen LogP contribution < -0.4 is 5.56 Å². The second-order valence-electron chi connectivity index (χ2n) is 3.34. The van der Waals surface area contributed by atoms with E-state index in [2.05, 4.69) is 32.8 Å². The SMILES string of the molecule is O=c1c(Br)cncn1CC#Cc1ccccc1. The van der Waals surface area contributed by atoms with Crippen LogP contribution in [0.15, 0.2) is 52.1 Å². The van der Waals surface area contributed by atoms with Crippen LogP contribution in [0.25, 0.3) is 0 Å². The molecule has 0 aliphatic carbocycles. The zero-order valence-corrected chi connectivity index (χ0v) is 10.5. The summed E-state index contributed by atoms with van der Waals surface area (Å²) in [5.74, 6) is 5.93. The first-order valence-corrected chi connectivity index (χ1v) is 5.80. The summed E-state index contributed by atoms with van der Waals surface area (Å²) in [7, 11) is 0. The molecular formula is C13H9BrN2O. The van der Waals surface area contributed by atoms with E-state index in [-0.39, 0.29) is 5.56 Å². The van der Waals surface area contributed by atoms with Crippen molar-refractivity contribution in [3.8, 4) is 11.8 Å². The summed E-state index contributed by atoms with van der Waals surface area (Å²) < 4.78 is 1.90. The van der Waals surface area contributed by atoms with Gasteiger partial charge in [0.05, 0.1) is 12.9 Å². The molecular weight excluding hydrogens is 280 g/mol. The average molecular weight is 289 g/mol. The maximum atomic E-state index is 11.6. The molecule has 0 atom stereocenters. The highest BCUT2D eigenvalue weighted by Crippen LogP contribution is 1.98. The Kier molecular flexibility index (Phi) is 3.73. The summed E-state index contributed by atoms with van der Waals surface area (Å²) in [5.41, 5.74) is 0.811. The number of benzene rings is 1. The molecule has 0 N–H and O–H groups in total. The Labute approximate surface area is 107 Å². The van der Waals surface area contributed by atoms with E-state index in [4.69, 9.17) is 0 Å². The molecule has 84 valence electrons. The van der Waals surface area contributed by atoms with Crippen LogP contribution in [-0.2, 0) is 6.54 Å². The molecule has 2 aromatic rings. The van der Waals surface area contributed by atoms with E-state index in [9.17, 15) is 4.79 Å². The molecule has 0 aliphatic rings. The van der Waals surface area contributed by atoms with Gasteiger partial charge in [0.15, 0.2) is 0 Å². The third kappa shape index (κ3) is 3.05. The summed E-state index contributed by atoms with van der Waals surface area (Å²) in [6.45, 7) is 0.333. The van der Waals surface area contributed by atoms with E-state index in [0.29, 0.717) is 11.0 Å². The molecule has 0 bridgehead atoms. The lowest BCUT2D eigenvalue weighted by atomic mass is 10.2. The van der Waals surface area contributed by atoms with Gasteiger partial charge in [0.1, 0.15) is 4.47 Å². The van der Waals surface area contributed by atoms with E-state index >= 15 is 0 Å². The molecule has 0 saturated carbocycles. The van der Waals surface area contributed by atoms with E-state index < -0.39 is 0 Å². The van der Waals surface area contributed by atoms with Crippen LogP contribution in [0.5, 0.6) is 0 Å². The molecule has 1 aromatic heterocycles. The third-order valence-corrected chi connectivity index (χ3v) is 2.66. The predicted octanol–water partition coefficient (Wildman–Crippen LogP) is 2.06. The molecule has 0 radical (unpaired) electrons. The van der Waals surface area contributed by atoms with Gasteiger partial charge in [-0.25, -0.2) is 4.98 Å². The normalized spacial score (nSPS) is 9.47. The maximum absolute atomic E-state index is 11.6. The lowest BCUT2D eigenvalue weighted by molar-refractivity contribution is 0.762. The fraction of sp³-hybridized carbons (Fsp3) is 0.0769. The highest BCUT2D eigenvalue weighted by atomic mass is 79.9. The number of hydrogen-bond donors (Lipinski definition) is 0. The summed E-state index contributed by atoms with van der Waals surface area (Å²) in [6, 6.07) is 9.64. The highest BCUT2D eigenvalue weighted by Gasteiger charge is 1.97. The van der Waals surface area contributed by atoms with Crippen LogP contribution >= 0.6 is 15.9 Å². The van der Waals surface area contributed by atoms with Crippen molar-refractivity contribution in [3.63, 3.8) is 0 Å². The smallest absolute Gasteiger partial charge is 0.268 e. The van der Waals surface area contributed by atoms with Gasteiger partial charge in [0, 0.05) is 11.8 Å². The Morgan fingerprint density at radius 2 is 2.06 bits per heavy atom. The van der Waals surface area contributed by atoms with Gasteiger partial charge in [-0.3, -0.25) is 9.36 Å². The van der Waals surface area contributed by atoms with Crippen molar-refractivity contribution in [3.05, 3.63) is 63.2 Å². The minimum Gasteiger partial charge on any atom is -0.286 e. The number of nitrogens with zero attached hydrogens (tertiary/aromatic N) is 2. The van der Waals surface area contributed by atoms with Gasteiger partial charge >= 0.3 is 0 Å². The molecule has 0 amide bonds. The molecule has 1 heterocycles. The summed E-state index contributed by atoms with van der Waals surface area (Å²) in [6.07, 6.45) is 2.95. The zero-order valence-electron chi connectivity index (χ0n) is 8.93. The van der Waals surface area contributed by atoms with E-state index in [1.807, 2.05) is 30.3 Å². The van der Waals surface area contributed by atoms with E-state index in [0.717, 1.165) is 5.56 Å². The minimum absolute atomic E-state index is 0.123. The first kappa shape index (κ1) is 11.6. The van der Waals surface area contributed by atoms with Gasteiger partial charge in [-0.05, 0) is 28.1 Å². The quantitative estimate of drug-likeness (QED) is 0.753. The summed E-state index contributed by atoms with van der Waals surface area (Å²) >= 11 is 3.14. The molecule has 0 fully saturated rings. The molecule has 2 rings (SSSR count). The topological polar surface area (TPSA) is 34.9 Å². The minimum atomic E-state index is -0.123. The predicted molar refractivity (Wildman–Crippen MR) is 69.5 cm³/mol. The molecule has 17 heavy (non-hydrogen) atoms. The van der Waals surface area contributed by atoms with E-state index in [1.165, 1.54) is 17.1 Å². The van der Waals surface area contributed by atoms with Gasteiger partial charge in [0.2, 0.25) is 0 Å². The number of hydrogen-bond acceptors (Lipinski definition) is 2. The lowest BCUT2D eigenvalue weighted by Crippen LogP contribution is -2.20. The Morgan fingerprint density at radius 1 is 1.29 bits per heavy atom. The van der Waals surface area contributed by atoms with Crippen molar-refractivity contribution in [2.24, 2.45) is 0 Å². The van der Waals surface area contributed by atoms with Gasteiger partial charge in [0.25, 0.3) is 5.56 Å². The van der Waals surface area contributed by atoms with Gasteiger partial charge in [-0.1, -0.05) is 30.0 Å². The van der Waals surface area contributed by atoms with Crippen LogP contribution in [0.2, 0.25) is 0 Å². The van der Waals surface area contributed by atoms with Crippen LogP contribution in [0, 0.1) is 11.8 Å². The van der Waals surface area contributed by atoms with Crippen molar-refractivity contribution < 1.29 is 0 Å². The number of aromatic nitrogens is 2.